The van der Waals surface area contributed by atoms with Crippen molar-refractivity contribution in [3.05, 3.63) is 23.0 Å². The predicted molar refractivity (Wildman–Crippen MR) is 68.0 cm³/mol. The Morgan fingerprint density at radius 1 is 1.33 bits per heavy atom. The van der Waals surface area contributed by atoms with E-state index in [9.17, 15) is 22.8 Å². The van der Waals surface area contributed by atoms with Crippen LogP contribution >= 0.6 is 0 Å². The minimum Gasteiger partial charge on any atom is -0.457 e. The molecule has 0 unspecified atom stereocenters. The first-order chi connectivity index (χ1) is 9.69. The maximum atomic E-state index is 12.5. The van der Waals surface area contributed by atoms with Gasteiger partial charge in [-0.1, -0.05) is 0 Å². The van der Waals surface area contributed by atoms with Crippen LogP contribution in [-0.2, 0) is 16.1 Å². The molecule has 0 radical (unpaired) electrons. The molecule has 0 bridgehead atoms. The number of ether oxygens (including phenoxy) is 1. The minimum absolute atomic E-state index is 0.115. The van der Waals surface area contributed by atoms with Crippen molar-refractivity contribution in [2.24, 2.45) is 5.92 Å². The molecule has 7 heteroatoms. The second-order valence-corrected chi connectivity index (χ2v) is 5.29. The van der Waals surface area contributed by atoms with Gasteiger partial charge in [0, 0.05) is 17.0 Å². The van der Waals surface area contributed by atoms with E-state index in [4.69, 9.17) is 4.74 Å². The number of carbonyl (C=O) groups excluding carboxylic acids is 2. The molecule has 1 aromatic heterocycles. The molecule has 1 aromatic rings. The smallest absolute Gasteiger partial charge is 0.406 e. The van der Waals surface area contributed by atoms with Crippen LogP contribution in [0.15, 0.2) is 6.07 Å². The van der Waals surface area contributed by atoms with Gasteiger partial charge in [-0.3, -0.25) is 9.59 Å². The van der Waals surface area contributed by atoms with Crippen LogP contribution in [0.1, 0.15) is 34.6 Å². The highest BCUT2D eigenvalue weighted by Crippen LogP contribution is 2.30. The van der Waals surface area contributed by atoms with E-state index in [-0.39, 0.29) is 17.2 Å². The Kier molecular flexibility index (Phi) is 4.11. The fourth-order valence-corrected chi connectivity index (χ4v) is 2.16. The van der Waals surface area contributed by atoms with Gasteiger partial charge in [-0.25, -0.2) is 0 Å². The first kappa shape index (κ1) is 15.6. The summed E-state index contributed by atoms with van der Waals surface area (Å²) in [6, 6.07) is 1.40. The molecule has 1 saturated carbocycles. The molecule has 0 atom stereocenters. The summed E-state index contributed by atoms with van der Waals surface area (Å²) in [5.74, 6) is -1.01. The number of hydrogen-bond acceptors (Lipinski definition) is 3. The molecule has 1 aliphatic rings. The van der Waals surface area contributed by atoms with Crippen LogP contribution in [0.5, 0.6) is 0 Å². The van der Waals surface area contributed by atoms with Gasteiger partial charge in [0.25, 0.3) is 0 Å². The van der Waals surface area contributed by atoms with Gasteiger partial charge in [-0.15, -0.1) is 0 Å². The van der Waals surface area contributed by atoms with E-state index in [1.807, 2.05) is 0 Å². The highest BCUT2D eigenvalue weighted by atomic mass is 19.4. The molecule has 21 heavy (non-hydrogen) atoms. The third kappa shape index (κ3) is 3.86. The summed E-state index contributed by atoms with van der Waals surface area (Å²) in [5, 5.41) is 0. The molecule has 2 rings (SSSR count). The van der Waals surface area contributed by atoms with Crippen LogP contribution in [0.3, 0.4) is 0 Å². The summed E-state index contributed by atoms with van der Waals surface area (Å²) >= 11 is 0. The summed E-state index contributed by atoms with van der Waals surface area (Å²) in [7, 11) is 0. The van der Waals surface area contributed by atoms with Crippen LogP contribution in [0, 0.1) is 19.8 Å². The fourth-order valence-electron chi connectivity index (χ4n) is 2.16. The van der Waals surface area contributed by atoms with E-state index in [1.54, 1.807) is 0 Å². The molecule has 0 aromatic carbocycles. The van der Waals surface area contributed by atoms with Gasteiger partial charge in [0.05, 0.1) is 5.92 Å². The van der Waals surface area contributed by atoms with Crippen molar-refractivity contribution in [3.63, 3.8) is 0 Å². The minimum atomic E-state index is -4.35. The van der Waals surface area contributed by atoms with Crippen LogP contribution in [-0.4, -0.2) is 29.1 Å². The number of aryl methyl sites for hydroxylation is 1. The number of carbonyl (C=O) groups is 2. The largest absolute Gasteiger partial charge is 0.457 e. The van der Waals surface area contributed by atoms with E-state index in [0.29, 0.717) is 5.69 Å². The van der Waals surface area contributed by atoms with Crippen molar-refractivity contribution >= 4 is 11.8 Å². The Morgan fingerprint density at radius 3 is 2.48 bits per heavy atom. The van der Waals surface area contributed by atoms with Crippen molar-refractivity contribution in [3.8, 4) is 0 Å². The second-order valence-electron chi connectivity index (χ2n) is 5.29. The van der Waals surface area contributed by atoms with Gasteiger partial charge in [0.1, 0.15) is 6.54 Å². The van der Waals surface area contributed by atoms with Gasteiger partial charge in [0.2, 0.25) is 5.78 Å². The number of nitrogens with zero attached hydrogens (tertiary/aromatic N) is 1. The van der Waals surface area contributed by atoms with Gasteiger partial charge in [0.15, 0.2) is 6.61 Å². The topological polar surface area (TPSA) is 48.3 Å². The number of alkyl halides is 3. The molecule has 0 saturated heterocycles. The second kappa shape index (κ2) is 5.54. The fraction of sp³-hybridized carbons (Fsp3) is 0.571. The lowest BCUT2D eigenvalue weighted by atomic mass is 10.1. The number of hydrogen-bond donors (Lipinski definition) is 0. The predicted octanol–water partition coefficient (Wildman–Crippen LogP) is 2.80. The zero-order valence-corrected chi connectivity index (χ0v) is 11.8. The summed E-state index contributed by atoms with van der Waals surface area (Å²) in [6.07, 6.45) is -2.81. The van der Waals surface area contributed by atoms with Crippen LogP contribution < -0.4 is 0 Å². The maximum absolute atomic E-state index is 12.5. The van der Waals surface area contributed by atoms with E-state index in [0.717, 1.165) is 17.4 Å². The monoisotopic (exact) mass is 303 g/mol. The number of esters is 1. The van der Waals surface area contributed by atoms with Crippen LogP contribution in [0.2, 0.25) is 0 Å². The Bertz CT molecular complexity index is 571. The summed E-state index contributed by atoms with van der Waals surface area (Å²) in [6.45, 7) is 1.39. The van der Waals surface area contributed by atoms with Gasteiger partial charge >= 0.3 is 12.1 Å². The number of aromatic nitrogens is 1. The number of ketones is 1. The number of halogens is 3. The van der Waals surface area contributed by atoms with E-state index >= 15 is 0 Å². The van der Waals surface area contributed by atoms with Gasteiger partial charge < -0.3 is 9.30 Å². The van der Waals surface area contributed by atoms with E-state index in [2.05, 4.69) is 0 Å². The molecule has 0 aliphatic heterocycles. The van der Waals surface area contributed by atoms with Crippen molar-refractivity contribution in [1.29, 1.82) is 0 Å². The lowest BCUT2D eigenvalue weighted by Gasteiger charge is -2.12. The SMILES string of the molecule is Cc1cc(C(=O)COC(=O)C2CC2)c(C)n1CC(F)(F)F. The summed E-state index contributed by atoms with van der Waals surface area (Å²) in [4.78, 5) is 23.3. The standard InChI is InChI=1S/C14H16F3NO3/c1-8-5-11(9(2)18(8)7-14(15,16)17)12(19)6-21-13(20)10-3-4-10/h5,10H,3-4,6-7H2,1-2H3. The lowest BCUT2D eigenvalue weighted by Crippen LogP contribution is -2.20. The normalized spacial score (nSPS) is 15.1. The van der Waals surface area contributed by atoms with Crippen molar-refractivity contribution in [2.75, 3.05) is 6.61 Å². The van der Waals surface area contributed by atoms with Crippen LogP contribution in [0.25, 0.3) is 0 Å². The van der Waals surface area contributed by atoms with E-state index < -0.39 is 31.1 Å². The average Bonchev–Trinajstić information content (AvgIpc) is 3.17. The van der Waals surface area contributed by atoms with Crippen molar-refractivity contribution < 1.29 is 27.5 Å². The Labute approximate surface area is 119 Å². The molecule has 1 fully saturated rings. The molecular weight excluding hydrogens is 287 g/mol. The van der Waals surface area contributed by atoms with Gasteiger partial charge in [-0.2, -0.15) is 13.2 Å². The quantitative estimate of drug-likeness (QED) is 0.621. The lowest BCUT2D eigenvalue weighted by molar-refractivity contribution is -0.144. The zero-order chi connectivity index (χ0) is 15.8. The zero-order valence-electron chi connectivity index (χ0n) is 11.8. The third-order valence-electron chi connectivity index (χ3n) is 3.47. The highest BCUT2D eigenvalue weighted by molar-refractivity contribution is 5.99. The summed E-state index contributed by atoms with van der Waals surface area (Å²) in [5.41, 5.74) is 0.749. The third-order valence-corrected chi connectivity index (χ3v) is 3.47. The molecule has 0 N–H and O–H groups in total. The molecule has 4 nitrogen and oxygen atoms in total. The molecule has 1 heterocycles. The number of rotatable bonds is 5. The maximum Gasteiger partial charge on any atom is 0.406 e. The Balaban J connectivity index is 2.07. The molecule has 1 aliphatic carbocycles. The summed E-state index contributed by atoms with van der Waals surface area (Å²) < 4.78 is 43.4. The Hall–Kier alpha value is -1.79. The molecule has 0 spiro atoms. The average molecular weight is 303 g/mol. The van der Waals surface area contributed by atoms with Crippen LogP contribution in [0.4, 0.5) is 13.2 Å². The van der Waals surface area contributed by atoms with E-state index in [1.165, 1.54) is 19.9 Å². The van der Waals surface area contributed by atoms with Crippen molar-refractivity contribution in [2.45, 2.75) is 39.4 Å². The van der Waals surface area contributed by atoms with Gasteiger partial charge in [-0.05, 0) is 32.8 Å². The van der Waals surface area contributed by atoms with Crippen molar-refractivity contribution in [1.82, 2.24) is 4.57 Å². The molecule has 0 amide bonds. The molecular formula is C14H16F3NO3. The molecule has 116 valence electrons. The Morgan fingerprint density at radius 2 is 1.95 bits per heavy atom. The first-order valence-corrected chi connectivity index (χ1v) is 6.62. The first-order valence-electron chi connectivity index (χ1n) is 6.62. The number of Topliss-reactive ketones (excluding diaryl/α,β-unsaturated/α-hetero) is 1. The highest BCUT2D eigenvalue weighted by Gasteiger charge is 2.32.